The Morgan fingerprint density at radius 3 is 2.90 bits per heavy atom. The van der Waals surface area contributed by atoms with E-state index in [1.54, 1.807) is 22.7 Å². The second-order valence-corrected chi connectivity index (χ2v) is 5.07. The summed E-state index contributed by atoms with van der Waals surface area (Å²) in [6.45, 7) is 0. The zero-order chi connectivity index (χ0) is 15.1. The molecule has 7 heteroatoms. The summed E-state index contributed by atoms with van der Waals surface area (Å²) in [5.74, 6) is -2.01. The number of pyridine rings is 1. The van der Waals surface area contributed by atoms with E-state index in [0.717, 1.165) is 0 Å². The largest absolute Gasteiger partial charge is 0.507 e. The Hall–Kier alpha value is -2.46. The van der Waals surface area contributed by atoms with E-state index in [1.807, 2.05) is 0 Å². The number of fused-ring (bicyclic) bond motifs is 1. The Balaban J connectivity index is 2.25. The van der Waals surface area contributed by atoms with Gasteiger partial charge >= 0.3 is 0 Å². The SMILES string of the molecule is Nc1ccc(O)c(C(=O)c2cn(P)c3ncccc23)c1F. The fourth-order valence-electron chi connectivity index (χ4n) is 2.20. The van der Waals surface area contributed by atoms with Crippen LogP contribution in [0.4, 0.5) is 10.1 Å². The van der Waals surface area contributed by atoms with Crippen molar-refractivity contribution >= 4 is 31.9 Å². The molecule has 1 aromatic carbocycles. The number of nitrogens with two attached hydrogens (primary N) is 1. The molecule has 0 aliphatic heterocycles. The Morgan fingerprint density at radius 1 is 1.38 bits per heavy atom. The van der Waals surface area contributed by atoms with E-state index in [-0.39, 0.29) is 11.3 Å². The number of rotatable bonds is 2. The lowest BCUT2D eigenvalue weighted by Gasteiger charge is -2.06. The molecular weight excluding hydrogens is 292 g/mol. The number of hydrogen-bond donors (Lipinski definition) is 2. The molecule has 1 atom stereocenters. The molecule has 5 nitrogen and oxygen atoms in total. The number of hydrogen-bond acceptors (Lipinski definition) is 4. The number of halogens is 1. The van der Waals surface area contributed by atoms with Crippen LogP contribution in [0, 0.1) is 5.82 Å². The van der Waals surface area contributed by atoms with Gasteiger partial charge in [0.2, 0.25) is 5.78 Å². The lowest BCUT2D eigenvalue weighted by atomic mass is 10.0. The van der Waals surface area contributed by atoms with Crippen LogP contribution in [0.25, 0.3) is 11.0 Å². The first-order valence-corrected chi connectivity index (χ1v) is 6.55. The molecule has 106 valence electrons. The molecule has 0 saturated heterocycles. The van der Waals surface area contributed by atoms with Crippen LogP contribution in [0.15, 0.2) is 36.7 Å². The van der Waals surface area contributed by atoms with Gasteiger partial charge in [-0.05, 0) is 33.7 Å². The molecule has 21 heavy (non-hydrogen) atoms. The smallest absolute Gasteiger partial charge is 0.202 e. The first-order valence-electron chi connectivity index (χ1n) is 6.03. The van der Waals surface area contributed by atoms with E-state index in [2.05, 4.69) is 14.4 Å². The number of ketones is 1. The van der Waals surface area contributed by atoms with Gasteiger partial charge < -0.3 is 15.2 Å². The zero-order valence-electron chi connectivity index (χ0n) is 10.7. The zero-order valence-corrected chi connectivity index (χ0v) is 11.9. The van der Waals surface area contributed by atoms with Crippen molar-refractivity contribution in [2.45, 2.75) is 0 Å². The van der Waals surface area contributed by atoms with Gasteiger partial charge in [0.15, 0.2) is 5.82 Å². The van der Waals surface area contributed by atoms with Gasteiger partial charge in [0, 0.05) is 17.8 Å². The molecule has 1 unspecified atom stereocenters. The predicted molar refractivity (Wildman–Crippen MR) is 80.8 cm³/mol. The normalized spacial score (nSPS) is 11.0. The van der Waals surface area contributed by atoms with E-state index in [9.17, 15) is 14.3 Å². The van der Waals surface area contributed by atoms with Crippen LogP contribution < -0.4 is 5.73 Å². The van der Waals surface area contributed by atoms with Gasteiger partial charge in [0.1, 0.15) is 17.0 Å². The molecule has 2 heterocycles. The van der Waals surface area contributed by atoms with Crippen LogP contribution in [0.3, 0.4) is 0 Å². The number of carbonyl (C=O) groups is 1. The lowest BCUT2D eigenvalue weighted by Crippen LogP contribution is -2.06. The van der Waals surface area contributed by atoms with Crippen molar-refractivity contribution in [3.63, 3.8) is 0 Å². The van der Waals surface area contributed by atoms with Gasteiger partial charge in [-0.3, -0.25) is 4.79 Å². The third-order valence-electron chi connectivity index (χ3n) is 3.21. The summed E-state index contributed by atoms with van der Waals surface area (Å²) in [7, 11) is 2.40. The highest BCUT2D eigenvalue weighted by molar-refractivity contribution is 7.14. The highest BCUT2D eigenvalue weighted by Crippen LogP contribution is 2.30. The topological polar surface area (TPSA) is 81.1 Å². The highest BCUT2D eigenvalue weighted by Gasteiger charge is 2.23. The van der Waals surface area contributed by atoms with Crippen LogP contribution >= 0.6 is 9.39 Å². The van der Waals surface area contributed by atoms with Crippen molar-refractivity contribution in [1.29, 1.82) is 0 Å². The molecule has 0 bridgehead atoms. The highest BCUT2D eigenvalue weighted by atomic mass is 31.0. The summed E-state index contributed by atoms with van der Waals surface area (Å²) in [6.07, 6.45) is 3.11. The molecule has 2 aromatic heterocycles. The Labute approximate surface area is 121 Å². The summed E-state index contributed by atoms with van der Waals surface area (Å²) >= 11 is 0. The molecule has 0 radical (unpaired) electrons. The molecule has 0 aliphatic carbocycles. The number of benzene rings is 1. The second-order valence-electron chi connectivity index (χ2n) is 4.52. The Kier molecular flexibility index (Phi) is 3.11. The molecule has 0 saturated carbocycles. The minimum Gasteiger partial charge on any atom is -0.507 e. The van der Waals surface area contributed by atoms with E-state index < -0.39 is 22.9 Å². The number of nitrogen functional groups attached to an aromatic ring is 1. The molecular formula is C14H11FN3O2P. The van der Waals surface area contributed by atoms with E-state index >= 15 is 0 Å². The summed E-state index contributed by atoms with van der Waals surface area (Å²) in [4.78, 5) is 16.7. The fourth-order valence-corrected chi connectivity index (χ4v) is 2.55. The first-order chi connectivity index (χ1) is 10.0. The summed E-state index contributed by atoms with van der Waals surface area (Å²) in [5.41, 5.74) is 5.65. The van der Waals surface area contributed by atoms with Crippen molar-refractivity contribution in [3.8, 4) is 5.75 Å². The first kappa shape index (κ1) is 13.5. The molecule has 0 spiro atoms. The third kappa shape index (κ3) is 2.04. The average molecular weight is 303 g/mol. The number of phenols is 1. The number of phenolic OH excluding ortho intramolecular Hbond substituents is 1. The van der Waals surface area contributed by atoms with Crippen LogP contribution in [0.2, 0.25) is 0 Å². The van der Waals surface area contributed by atoms with E-state index in [1.165, 1.54) is 18.3 Å². The molecule has 3 aromatic rings. The predicted octanol–water partition coefficient (Wildman–Crippen LogP) is 2.33. The van der Waals surface area contributed by atoms with Crippen LogP contribution in [-0.2, 0) is 0 Å². The maximum absolute atomic E-state index is 14.1. The summed E-state index contributed by atoms with van der Waals surface area (Å²) in [5, 5.41) is 10.4. The lowest BCUT2D eigenvalue weighted by molar-refractivity contribution is 0.103. The second kappa shape index (κ2) is 4.82. The number of carbonyl (C=O) groups excluding carboxylic acids is 1. The molecule has 0 fully saturated rings. The maximum Gasteiger partial charge on any atom is 0.202 e. The number of aromatic nitrogens is 2. The minimum absolute atomic E-state index is 0.191. The third-order valence-corrected chi connectivity index (χ3v) is 3.60. The van der Waals surface area contributed by atoms with Gasteiger partial charge in [-0.1, -0.05) is 0 Å². The van der Waals surface area contributed by atoms with Crippen LogP contribution in [0.1, 0.15) is 15.9 Å². The van der Waals surface area contributed by atoms with Gasteiger partial charge in [-0.2, -0.15) is 0 Å². The van der Waals surface area contributed by atoms with Crippen LogP contribution in [0.5, 0.6) is 5.75 Å². The number of aromatic hydroxyl groups is 1. The van der Waals surface area contributed by atoms with Crippen molar-refractivity contribution in [1.82, 2.24) is 9.32 Å². The van der Waals surface area contributed by atoms with Gasteiger partial charge in [-0.15, -0.1) is 0 Å². The molecule has 0 aliphatic rings. The van der Waals surface area contributed by atoms with Gasteiger partial charge in [-0.25, -0.2) is 9.37 Å². The monoisotopic (exact) mass is 303 g/mol. The summed E-state index contributed by atoms with van der Waals surface area (Å²) in [6, 6.07) is 5.79. The standard InChI is InChI=1S/C14H11FN3O2P/c15-12-9(16)3-4-10(19)11(12)13(20)8-6-18(21)14-7(8)2-1-5-17-14/h1-6,19H,16,21H2. The summed E-state index contributed by atoms with van der Waals surface area (Å²) < 4.78 is 15.7. The minimum atomic E-state index is -0.923. The van der Waals surface area contributed by atoms with E-state index in [4.69, 9.17) is 5.73 Å². The number of nitrogens with zero attached hydrogens (tertiary/aromatic N) is 2. The van der Waals surface area contributed by atoms with Crippen molar-refractivity contribution < 1.29 is 14.3 Å². The fraction of sp³-hybridized carbons (Fsp3) is 0. The Morgan fingerprint density at radius 2 is 2.14 bits per heavy atom. The maximum atomic E-state index is 14.1. The van der Waals surface area contributed by atoms with Crippen molar-refractivity contribution in [2.75, 3.05) is 5.73 Å². The average Bonchev–Trinajstić information content (AvgIpc) is 2.81. The van der Waals surface area contributed by atoms with E-state index in [0.29, 0.717) is 11.0 Å². The van der Waals surface area contributed by atoms with Gasteiger partial charge in [0.25, 0.3) is 0 Å². The van der Waals surface area contributed by atoms with Crippen LogP contribution in [-0.4, -0.2) is 20.2 Å². The molecule has 3 N–H and O–H groups in total. The van der Waals surface area contributed by atoms with Crippen molar-refractivity contribution in [3.05, 3.63) is 53.6 Å². The molecule has 3 rings (SSSR count). The quantitative estimate of drug-likeness (QED) is 0.329. The Bertz CT molecular complexity index is 876. The van der Waals surface area contributed by atoms with Crippen molar-refractivity contribution in [2.24, 2.45) is 0 Å². The van der Waals surface area contributed by atoms with Gasteiger partial charge in [0.05, 0.1) is 11.3 Å². The number of anilines is 1. The molecule has 0 amide bonds.